The van der Waals surface area contributed by atoms with Crippen molar-refractivity contribution < 1.29 is 23.4 Å². The number of halogens is 1. The molecule has 0 aliphatic heterocycles. The molecule has 2 aliphatic carbocycles. The third kappa shape index (κ3) is 8.76. The van der Waals surface area contributed by atoms with E-state index in [4.69, 9.17) is 14.2 Å². The van der Waals surface area contributed by atoms with Crippen molar-refractivity contribution in [3.8, 4) is 5.75 Å². The van der Waals surface area contributed by atoms with Crippen LogP contribution in [0.4, 0.5) is 14.9 Å². The molecule has 192 valence electrons. The summed E-state index contributed by atoms with van der Waals surface area (Å²) >= 11 is 0. The second-order valence-electron chi connectivity index (χ2n) is 11.9. The van der Waals surface area contributed by atoms with Gasteiger partial charge < -0.3 is 24.4 Å². The SMILES string of the molecule is CC(C)(C)OC(=O)N[C@H]1CC[C@@H](N(c2ccc(F)cc2OCOCC[Si](C)(C)C)C2CC2)CC1. The third-order valence-corrected chi connectivity index (χ3v) is 7.95. The highest BCUT2D eigenvalue weighted by molar-refractivity contribution is 6.76. The van der Waals surface area contributed by atoms with E-state index in [1.165, 1.54) is 12.1 Å². The van der Waals surface area contributed by atoms with E-state index in [1.807, 2.05) is 26.8 Å². The number of benzene rings is 1. The highest BCUT2D eigenvalue weighted by atomic mass is 28.3. The van der Waals surface area contributed by atoms with Gasteiger partial charge in [0.15, 0.2) is 6.79 Å². The lowest BCUT2D eigenvalue weighted by Crippen LogP contribution is -2.46. The molecule has 3 rings (SSSR count). The van der Waals surface area contributed by atoms with Crippen LogP contribution in [-0.2, 0) is 9.47 Å². The molecule has 0 bridgehead atoms. The van der Waals surface area contributed by atoms with E-state index in [0.29, 0.717) is 24.4 Å². The van der Waals surface area contributed by atoms with Crippen LogP contribution in [0, 0.1) is 5.82 Å². The van der Waals surface area contributed by atoms with Crippen LogP contribution in [-0.4, -0.2) is 51.3 Å². The number of ether oxygens (including phenoxy) is 3. The minimum Gasteiger partial charge on any atom is -0.465 e. The Morgan fingerprint density at radius 1 is 1.09 bits per heavy atom. The van der Waals surface area contributed by atoms with Crippen LogP contribution in [0.2, 0.25) is 25.7 Å². The van der Waals surface area contributed by atoms with Crippen molar-refractivity contribution in [3.05, 3.63) is 24.0 Å². The van der Waals surface area contributed by atoms with Crippen molar-refractivity contribution in [2.24, 2.45) is 0 Å². The fraction of sp³-hybridized carbons (Fsp3) is 0.731. The predicted octanol–water partition coefficient (Wildman–Crippen LogP) is 6.32. The summed E-state index contributed by atoms with van der Waals surface area (Å²) in [6, 6.07) is 6.82. The summed E-state index contributed by atoms with van der Waals surface area (Å²) in [6.45, 7) is 13.4. The first kappa shape index (κ1) is 26.8. The molecular formula is C26H43FN2O4Si. The molecule has 2 fully saturated rings. The fourth-order valence-electron chi connectivity index (χ4n) is 4.38. The minimum absolute atomic E-state index is 0.121. The molecule has 1 aromatic carbocycles. The van der Waals surface area contributed by atoms with E-state index in [0.717, 1.165) is 50.3 Å². The molecule has 0 heterocycles. The van der Waals surface area contributed by atoms with Gasteiger partial charge in [-0.25, -0.2) is 9.18 Å². The number of carbonyl (C=O) groups excluding carboxylic acids is 1. The van der Waals surface area contributed by atoms with Crippen molar-refractivity contribution >= 4 is 19.9 Å². The smallest absolute Gasteiger partial charge is 0.407 e. The highest BCUT2D eigenvalue weighted by Crippen LogP contribution is 2.42. The summed E-state index contributed by atoms with van der Waals surface area (Å²) in [5.74, 6) is 0.246. The molecule has 2 saturated carbocycles. The Balaban J connectivity index is 1.60. The minimum atomic E-state index is -1.16. The lowest BCUT2D eigenvalue weighted by Gasteiger charge is -2.39. The fourth-order valence-corrected chi connectivity index (χ4v) is 5.13. The largest absolute Gasteiger partial charge is 0.465 e. The van der Waals surface area contributed by atoms with Crippen molar-refractivity contribution in [1.29, 1.82) is 0 Å². The van der Waals surface area contributed by atoms with Gasteiger partial charge >= 0.3 is 6.09 Å². The maximum absolute atomic E-state index is 14.1. The molecule has 2 aliphatic rings. The Morgan fingerprint density at radius 3 is 2.26 bits per heavy atom. The maximum Gasteiger partial charge on any atom is 0.407 e. The molecule has 34 heavy (non-hydrogen) atoms. The van der Waals surface area contributed by atoms with E-state index in [1.54, 1.807) is 0 Å². The van der Waals surface area contributed by atoms with E-state index < -0.39 is 13.7 Å². The van der Waals surface area contributed by atoms with Crippen molar-refractivity contribution in [2.75, 3.05) is 18.3 Å². The lowest BCUT2D eigenvalue weighted by atomic mass is 9.89. The highest BCUT2D eigenvalue weighted by Gasteiger charge is 2.38. The molecule has 1 aromatic rings. The molecule has 0 aromatic heterocycles. The zero-order valence-corrected chi connectivity index (χ0v) is 22.8. The predicted molar refractivity (Wildman–Crippen MR) is 137 cm³/mol. The number of amides is 1. The van der Waals surface area contributed by atoms with Gasteiger partial charge in [-0.05, 0) is 77.5 Å². The van der Waals surface area contributed by atoms with E-state index in [-0.39, 0.29) is 24.7 Å². The number of hydrogen-bond donors (Lipinski definition) is 1. The van der Waals surface area contributed by atoms with Gasteiger partial charge in [-0.3, -0.25) is 0 Å². The molecule has 6 nitrogen and oxygen atoms in total. The topological polar surface area (TPSA) is 60.0 Å². The summed E-state index contributed by atoms with van der Waals surface area (Å²) in [5, 5.41) is 3.02. The number of alkyl carbamates (subject to hydrolysis) is 1. The molecule has 0 atom stereocenters. The number of anilines is 1. The Morgan fingerprint density at radius 2 is 1.71 bits per heavy atom. The molecule has 1 amide bonds. The van der Waals surface area contributed by atoms with Gasteiger partial charge in [0.25, 0.3) is 0 Å². The maximum atomic E-state index is 14.1. The lowest BCUT2D eigenvalue weighted by molar-refractivity contribution is 0.0221. The van der Waals surface area contributed by atoms with Gasteiger partial charge in [-0.15, -0.1) is 0 Å². The molecular weight excluding hydrogens is 451 g/mol. The van der Waals surface area contributed by atoms with Gasteiger partial charge in [0.1, 0.15) is 17.2 Å². The van der Waals surface area contributed by atoms with Crippen LogP contribution in [0.15, 0.2) is 18.2 Å². The first-order valence-corrected chi connectivity index (χ1v) is 16.4. The molecule has 0 unspecified atom stereocenters. The number of hydrogen-bond acceptors (Lipinski definition) is 5. The summed E-state index contributed by atoms with van der Waals surface area (Å²) < 4.78 is 31.2. The molecule has 1 N–H and O–H groups in total. The van der Waals surface area contributed by atoms with E-state index in [2.05, 4.69) is 29.9 Å². The Hall–Kier alpha value is -1.80. The standard InChI is InChI=1S/C26H43FN2O4Si/c1-26(2,3)33-25(30)28-20-8-10-21(11-9-20)29(22-12-13-22)23-14-7-19(27)17-24(23)32-18-31-15-16-34(4,5)6/h7,14,17,20-22H,8-13,15-16,18H2,1-6H3,(H,28,30)/t20-,21+. The Kier molecular flexibility index (Phi) is 8.90. The van der Waals surface area contributed by atoms with Crippen LogP contribution < -0.4 is 15.0 Å². The first-order chi connectivity index (χ1) is 15.9. The van der Waals surface area contributed by atoms with Gasteiger partial charge in [-0.1, -0.05) is 19.6 Å². The first-order valence-electron chi connectivity index (χ1n) is 12.7. The zero-order chi connectivity index (χ0) is 24.9. The van der Waals surface area contributed by atoms with E-state index >= 15 is 0 Å². The number of rotatable bonds is 10. The summed E-state index contributed by atoms with van der Waals surface area (Å²) in [4.78, 5) is 14.6. The zero-order valence-electron chi connectivity index (χ0n) is 21.8. The second-order valence-corrected chi connectivity index (χ2v) is 17.5. The normalized spacial score (nSPS) is 21.1. The monoisotopic (exact) mass is 494 g/mol. The van der Waals surface area contributed by atoms with Crippen LogP contribution in [0.25, 0.3) is 0 Å². The van der Waals surface area contributed by atoms with Crippen LogP contribution in [0.3, 0.4) is 0 Å². The van der Waals surface area contributed by atoms with E-state index in [9.17, 15) is 9.18 Å². The molecule has 8 heteroatoms. The van der Waals surface area contributed by atoms with Crippen LogP contribution >= 0.6 is 0 Å². The van der Waals surface area contributed by atoms with Crippen molar-refractivity contribution in [2.45, 2.75) is 109 Å². The van der Waals surface area contributed by atoms with Crippen LogP contribution in [0.5, 0.6) is 5.75 Å². The Bertz CT molecular complexity index is 812. The average Bonchev–Trinajstić information content (AvgIpc) is 3.53. The van der Waals surface area contributed by atoms with Gasteiger partial charge in [0.05, 0.1) is 5.69 Å². The van der Waals surface area contributed by atoms with Crippen molar-refractivity contribution in [1.82, 2.24) is 5.32 Å². The summed E-state index contributed by atoms with van der Waals surface area (Å²) in [7, 11) is -1.16. The second kappa shape index (κ2) is 11.3. The van der Waals surface area contributed by atoms with Crippen molar-refractivity contribution in [3.63, 3.8) is 0 Å². The molecule has 0 spiro atoms. The quantitative estimate of drug-likeness (QED) is 0.234. The summed E-state index contributed by atoms with van der Waals surface area (Å²) in [5.41, 5.74) is 0.447. The molecule has 0 radical (unpaired) electrons. The number of nitrogens with zero attached hydrogens (tertiary/aromatic N) is 1. The van der Waals surface area contributed by atoms with Crippen LogP contribution in [0.1, 0.15) is 59.3 Å². The van der Waals surface area contributed by atoms with Gasteiger partial charge in [-0.2, -0.15) is 0 Å². The third-order valence-electron chi connectivity index (χ3n) is 6.25. The average molecular weight is 495 g/mol. The van der Waals surface area contributed by atoms with Gasteiger partial charge in [0.2, 0.25) is 0 Å². The Labute approximate surface area is 205 Å². The molecule has 0 saturated heterocycles. The van der Waals surface area contributed by atoms with Gasteiger partial charge in [0, 0.05) is 38.9 Å². The summed E-state index contributed by atoms with van der Waals surface area (Å²) in [6.07, 6.45) is 5.63. The number of nitrogens with one attached hydrogen (secondary N) is 1. The number of carbonyl (C=O) groups is 1.